The molecule has 2 fully saturated rings. The maximum atomic E-state index is 15.8. The zero-order valence-electron chi connectivity index (χ0n) is 27.6. The number of rotatable bonds is 6. The first kappa shape index (κ1) is 34.8. The van der Waals surface area contributed by atoms with Gasteiger partial charge in [-0.05, 0) is 97.0 Å². The minimum absolute atomic E-state index is 0.00527. The summed E-state index contributed by atoms with van der Waals surface area (Å²) in [7, 11) is 1.28. The second-order valence-corrected chi connectivity index (χ2v) is 12.8. The number of nitrogens with one attached hydrogen (secondary N) is 1. The molecule has 2 saturated heterocycles. The molecule has 1 unspecified atom stereocenters. The number of ether oxygens (including phenoxy) is 2. The lowest BCUT2D eigenvalue weighted by Gasteiger charge is -2.26. The highest BCUT2D eigenvalue weighted by Crippen LogP contribution is 2.51. The van der Waals surface area contributed by atoms with Crippen molar-refractivity contribution in [2.75, 3.05) is 7.11 Å². The van der Waals surface area contributed by atoms with E-state index in [0.717, 1.165) is 30.3 Å². The fourth-order valence-electron chi connectivity index (χ4n) is 7.24. The average Bonchev–Trinajstić information content (AvgIpc) is 3.80. The number of H-pyrrole nitrogens is 1. The number of alkyl halides is 6. The van der Waals surface area contributed by atoms with E-state index < -0.39 is 59.3 Å². The molecule has 7 rings (SSSR count). The zero-order chi connectivity index (χ0) is 37.3. The van der Waals surface area contributed by atoms with Gasteiger partial charge in [0.2, 0.25) is 5.89 Å². The Bertz CT molecular complexity index is 2280. The topological polar surface area (TPSA) is 97.7 Å². The number of carbonyl (C=O) groups excluding carboxylic acids is 1. The van der Waals surface area contributed by atoms with Gasteiger partial charge in [0.05, 0.1) is 30.3 Å². The molecule has 5 aromatic rings. The summed E-state index contributed by atoms with van der Waals surface area (Å²) in [6.45, 7) is 3.18. The fourth-order valence-corrected chi connectivity index (χ4v) is 7.24. The molecule has 3 heterocycles. The van der Waals surface area contributed by atoms with Gasteiger partial charge in [-0.25, -0.2) is 19.1 Å². The van der Waals surface area contributed by atoms with E-state index in [1.807, 2.05) is 0 Å². The second kappa shape index (κ2) is 12.6. The summed E-state index contributed by atoms with van der Waals surface area (Å²) < 4.78 is 115. The first-order chi connectivity index (χ1) is 24.5. The minimum Gasteiger partial charge on any atom is -0.496 e. The normalized spacial score (nSPS) is 18.8. The molecular weight excluding hydrogens is 699 g/mol. The lowest BCUT2D eigenvalue weighted by atomic mass is 9.88. The van der Waals surface area contributed by atoms with Crippen molar-refractivity contribution in [1.29, 1.82) is 0 Å². The van der Waals surface area contributed by atoms with Crippen molar-refractivity contribution in [2.45, 2.75) is 57.2 Å². The highest BCUT2D eigenvalue weighted by molar-refractivity contribution is 5.83. The summed E-state index contributed by atoms with van der Waals surface area (Å²) in [5.41, 5.74) is 0.524. The van der Waals surface area contributed by atoms with Crippen molar-refractivity contribution in [1.82, 2.24) is 15.1 Å². The van der Waals surface area contributed by atoms with Gasteiger partial charge in [-0.15, -0.1) is 5.10 Å². The van der Waals surface area contributed by atoms with Gasteiger partial charge >= 0.3 is 24.2 Å². The van der Waals surface area contributed by atoms with Gasteiger partial charge in [-0.2, -0.15) is 26.3 Å². The average molecular weight is 728 g/mol. The molecule has 15 heteroatoms. The molecule has 1 N–H and O–H groups in total. The third-order valence-electron chi connectivity index (χ3n) is 9.49. The number of amides is 1. The number of fused-ring (bicyclic) bond motifs is 1. The number of cyclic esters (lactones) is 1. The van der Waals surface area contributed by atoms with Gasteiger partial charge in [0.15, 0.2) is 0 Å². The number of hydrogen-bond donors (Lipinski definition) is 1. The Hall–Kier alpha value is -5.60. The number of halogens is 7. The van der Waals surface area contributed by atoms with Crippen molar-refractivity contribution in [2.24, 2.45) is 0 Å². The Balaban J connectivity index is 1.33. The van der Waals surface area contributed by atoms with Crippen LogP contribution in [0.15, 0.2) is 75.9 Å². The monoisotopic (exact) mass is 727 g/mol. The van der Waals surface area contributed by atoms with E-state index in [9.17, 15) is 35.9 Å². The van der Waals surface area contributed by atoms with E-state index in [4.69, 9.17) is 13.9 Å². The Morgan fingerprint density at radius 1 is 0.827 bits per heavy atom. The molecule has 4 aromatic carbocycles. The zero-order valence-corrected chi connectivity index (χ0v) is 27.6. The standard InChI is InChI=1S/C37H28F7N3O5/c1-17-10-20(13-22(11-17)37(42,43)44)32-30-9-8-29(47(30)35(49)51-32)26-14-21(36(39,40)41)5-7-24(26)27-15-25(28(38)16-31(27)50-3)23-6-4-19(12-18(23)2)33-45-46-34(48)52-33/h4-7,10-16,29-30,32H,8-9H2,1-3H3,(H,46,48)/t29-,30?,32+/m0/s1. The summed E-state index contributed by atoms with van der Waals surface area (Å²) in [6, 6.07) is 12.0. The molecule has 270 valence electrons. The predicted octanol–water partition coefficient (Wildman–Crippen LogP) is 9.56. The smallest absolute Gasteiger partial charge is 0.434 e. The van der Waals surface area contributed by atoms with E-state index in [1.165, 1.54) is 37.1 Å². The molecule has 8 nitrogen and oxygen atoms in total. The van der Waals surface area contributed by atoms with Crippen molar-refractivity contribution in [3.05, 3.63) is 116 Å². The quantitative estimate of drug-likeness (QED) is 0.175. The second-order valence-electron chi connectivity index (χ2n) is 12.8. The largest absolute Gasteiger partial charge is 0.496 e. The number of aromatic amines is 1. The van der Waals surface area contributed by atoms with Gasteiger partial charge in [-0.1, -0.05) is 23.8 Å². The Labute approximate surface area is 290 Å². The molecule has 1 aromatic heterocycles. The Morgan fingerprint density at radius 2 is 1.56 bits per heavy atom. The van der Waals surface area contributed by atoms with E-state index in [1.54, 1.807) is 25.1 Å². The Morgan fingerprint density at radius 3 is 2.21 bits per heavy atom. The van der Waals surface area contributed by atoms with Crippen LogP contribution in [0.2, 0.25) is 0 Å². The number of aryl methyl sites for hydroxylation is 2. The number of nitrogens with zero attached hydrogens (tertiary/aromatic N) is 2. The van der Waals surface area contributed by atoms with Crippen molar-refractivity contribution >= 4 is 6.09 Å². The van der Waals surface area contributed by atoms with Gasteiger partial charge in [0, 0.05) is 22.8 Å². The van der Waals surface area contributed by atoms with Crippen LogP contribution in [-0.4, -0.2) is 34.3 Å². The van der Waals surface area contributed by atoms with Gasteiger partial charge in [0.1, 0.15) is 17.7 Å². The molecular formula is C37H28F7N3O5. The first-order valence-corrected chi connectivity index (χ1v) is 16.0. The number of methoxy groups -OCH3 is 1. The summed E-state index contributed by atoms with van der Waals surface area (Å²) in [6.07, 6.45) is -11.0. The summed E-state index contributed by atoms with van der Waals surface area (Å²) >= 11 is 0. The van der Waals surface area contributed by atoms with Crippen LogP contribution in [0.3, 0.4) is 0 Å². The van der Waals surface area contributed by atoms with Gasteiger partial charge < -0.3 is 13.9 Å². The molecule has 52 heavy (non-hydrogen) atoms. The van der Waals surface area contributed by atoms with Crippen LogP contribution >= 0.6 is 0 Å². The van der Waals surface area contributed by atoms with Crippen LogP contribution in [0, 0.1) is 19.7 Å². The highest BCUT2D eigenvalue weighted by Gasteiger charge is 2.51. The molecule has 3 atom stereocenters. The van der Waals surface area contributed by atoms with Crippen LogP contribution in [0.4, 0.5) is 35.5 Å². The predicted molar refractivity (Wildman–Crippen MR) is 173 cm³/mol. The molecule has 0 saturated carbocycles. The summed E-state index contributed by atoms with van der Waals surface area (Å²) in [4.78, 5) is 26.2. The Kier molecular flexibility index (Phi) is 8.42. The molecule has 0 aliphatic carbocycles. The first-order valence-electron chi connectivity index (χ1n) is 16.0. The van der Waals surface area contributed by atoms with Gasteiger partial charge in [-0.3, -0.25) is 4.90 Å². The number of benzene rings is 4. The van der Waals surface area contributed by atoms with Crippen molar-refractivity contribution < 1.29 is 49.4 Å². The minimum atomic E-state index is -4.76. The number of hydrogen-bond acceptors (Lipinski definition) is 6. The lowest BCUT2D eigenvalue weighted by Crippen LogP contribution is -2.31. The van der Waals surface area contributed by atoms with E-state index in [0.29, 0.717) is 22.3 Å². The van der Waals surface area contributed by atoms with Crippen LogP contribution in [0.25, 0.3) is 33.7 Å². The summed E-state index contributed by atoms with van der Waals surface area (Å²) in [5.74, 6) is -1.43. The highest BCUT2D eigenvalue weighted by atomic mass is 19.4. The summed E-state index contributed by atoms with van der Waals surface area (Å²) in [5, 5.41) is 5.97. The van der Waals surface area contributed by atoms with Crippen LogP contribution in [0.5, 0.6) is 5.75 Å². The van der Waals surface area contributed by atoms with Crippen molar-refractivity contribution in [3.8, 4) is 39.5 Å². The van der Waals surface area contributed by atoms with Crippen LogP contribution in [-0.2, 0) is 17.1 Å². The molecule has 1 amide bonds. The molecule has 2 aliphatic heterocycles. The van der Waals surface area contributed by atoms with E-state index in [2.05, 4.69) is 10.2 Å². The third-order valence-corrected chi connectivity index (χ3v) is 9.49. The fraction of sp³-hybridized carbons (Fsp3) is 0.270. The molecule has 0 radical (unpaired) electrons. The van der Waals surface area contributed by atoms with E-state index >= 15 is 4.39 Å². The SMILES string of the molecule is COc1cc(F)c(-c2ccc(-c3n[nH]c(=O)o3)cc2C)cc1-c1ccc(C(F)(F)F)cc1[C@@H]1CCC2[C@@H](c3cc(C)cc(C(F)(F)F)c3)OC(=O)N21. The molecule has 0 bridgehead atoms. The van der Waals surface area contributed by atoms with E-state index in [-0.39, 0.29) is 52.3 Å². The third kappa shape index (κ3) is 6.17. The maximum absolute atomic E-state index is 15.8. The number of aromatic nitrogens is 2. The number of carbonyl (C=O) groups is 1. The van der Waals surface area contributed by atoms with Crippen molar-refractivity contribution in [3.63, 3.8) is 0 Å². The lowest BCUT2D eigenvalue weighted by molar-refractivity contribution is -0.138. The maximum Gasteiger partial charge on any atom is 0.434 e. The molecule has 2 aliphatic rings. The van der Waals surface area contributed by atoms with Gasteiger partial charge in [0.25, 0.3) is 0 Å². The van der Waals surface area contributed by atoms with Crippen LogP contribution in [0.1, 0.15) is 58.4 Å². The molecule has 0 spiro atoms. The van der Waals surface area contributed by atoms with Crippen LogP contribution < -0.4 is 10.5 Å².